The van der Waals surface area contributed by atoms with E-state index in [0.29, 0.717) is 53.2 Å². The molecule has 3 aromatic rings. The number of methoxy groups -OCH3 is 2. The Morgan fingerprint density at radius 3 is 2.77 bits per heavy atom. The maximum absolute atomic E-state index is 12.6. The molecule has 0 radical (unpaired) electrons. The lowest BCUT2D eigenvalue weighted by atomic mass is 10.1. The zero-order valence-corrected chi connectivity index (χ0v) is 16.5. The molecule has 1 unspecified atom stereocenters. The molecule has 0 spiro atoms. The zero-order chi connectivity index (χ0) is 20.7. The first kappa shape index (κ1) is 18.3. The molecule has 0 bridgehead atoms. The van der Waals surface area contributed by atoms with Crippen molar-refractivity contribution >= 4 is 11.6 Å². The third kappa shape index (κ3) is 3.08. The van der Waals surface area contributed by atoms with Crippen LogP contribution in [0.5, 0.6) is 23.0 Å². The summed E-state index contributed by atoms with van der Waals surface area (Å²) in [5.41, 5.74) is 1.42. The van der Waals surface area contributed by atoms with Gasteiger partial charge in [0, 0.05) is 36.7 Å². The summed E-state index contributed by atoms with van der Waals surface area (Å²) in [6.07, 6.45) is 0.299. The van der Waals surface area contributed by atoms with Crippen molar-refractivity contribution in [3.8, 4) is 34.5 Å². The second-order valence-corrected chi connectivity index (χ2v) is 6.97. The van der Waals surface area contributed by atoms with Crippen LogP contribution in [-0.2, 0) is 4.79 Å². The van der Waals surface area contributed by atoms with Crippen molar-refractivity contribution in [2.24, 2.45) is 0 Å². The predicted octanol–water partition coefficient (Wildman–Crippen LogP) is 3.00. The molecule has 0 saturated carbocycles. The van der Waals surface area contributed by atoms with Gasteiger partial charge in [-0.1, -0.05) is 5.16 Å². The van der Waals surface area contributed by atoms with E-state index in [9.17, 15) is 4.79 Å². The van der Waals surface area contributed by atoms with Gasteiger partial charge in [0.2, 0.25) is 12.7 Å². The summed E-state index contributed by atoms with van der Waals surface area (Å²) in [5, 5.41) is 4.12. The molecule has 2 aliphatic rings. The zero-order valence-electron chi connectivity index (χ0n) is 16.5. The average molecular weight is 409 g/mol. The molecular weight excluding hydrogens is 390 g/mol. The standard InChI is InChI=1S/C21H19N3O6/c1-26-14-4-5-15(17(9-14)27-2)21-22-20(23-30-21)12-7-19(25)24(10-12)13-3-6-16-18(8-13)29-11-28-16/h3-6,8-9,12H,7,10-11H2,1-2H3. The summed E-state index contributed by atoms with van der Waals surface area (Å²) in [6, 6.07) is 10.8. The highest BCUT2D eigenvalue weighted by Gasteiger charge is 2.35. The molecule has 0 aliphatic carbocycles. The molecule has 5 rings (SSSR count). The Bertz CT molecular complexity index is 1110. The summed E-state index contributed by atoms with van der Waals surface area (Å²) in [7, 11) is 3.15. The predicted molar refractivity (Wildman–Crippen MR) is 105 cm³/mol. The lowest BCUT2D eigenvalue weighted by Crippen LogP contribution is -2.24. The highest BCUT2D eigenvalue weighted by Crippen LogP contribution is 2.39. The van der Waals surface area contributed by atoms with E-state index in [1.165, 1.54) is 0 Å². The second kappa shape index (κ2) is 7.25. The first-order chi connectivity index (χ1) is 14.7. The van der Waals surface area contributed by atoms with Crippen LogP contribution in [-0.4, -0.2) is 43.6 Å². The molecule has 1 aromatic heterocycles. The van der Waals surface area contributed by atoms with Gasteiger partial charge >= 0.3 is 0 Å². The summed E-state index contributed by atoms with van der Waals surface area (Å²) in [6.45, 7) is 0.646. The highest BCUT2D eigenvalue weighted by molar-refractivity contribution is 5.96. The lowest BCUT2D eigenvalue weighted by molar-refractivity contribution is -0.117. The second-order valence-electron chi connectivity index (χ2n) is 6.97. The largest absolute Gasteiger partial charge is 0.497 e. The van der Waals surface area contributed by atoms with Gasteiger partial charge < -0.3 is 28.4 Å². The van der Waals surface area contributed by atoms with Crippen LogP contribution in [0.2, 0.25) is 0 Å². The molecule has 30 heavy (non-hydrogen) atoms. The van der Waals surface area contributed by atoms with Crippen molar-refractivity contribution in [3.63, 3.8) is 0 Å². The molecular formula is C21H19N3O6. The number of fused-ring (bicyclic) bond motifs is 1. The Labute approximate surface area is 172 Å². The number of ether oxygens (including phenoxy) is 4. The molecule has 1 fully saturated rings. The van der Waals surface area contributed by atoms with Gasteiger partial charge in [-0.2, -0.15) is 4.98 Å². The lowest BCUT2D eigenvalue weighted by Gasteiger charge is -2.16. The molecule has 0 N–H and O–H groups in total. The van der Waals surface area contributed by atoms with Gasteiger partial charge in [-0.15, -0.1) is 0 Å². The van der Waals surface area contributed by atoms with Crippen molar-refractivity contribution in [3.05, 3.63) is 42.2 Å². The van der Waals surface area contributed by atoms with Gasteiger partial charge in [-0.25, -0.2) is 0 Å². The van der Waals surface area contributed by atoms with Gasteiger partial charge in [0.05, 0.1) is 19.8 Å². The van der Waals surface area contributed by atoms with Crippen LogP contribution < -0.4 is 23.8 Å². The quantitative estimate of drug-likeness (QED) is 0.635. The van der Waals surface area contributed by atoms with Gasteiger partial charge in [0.15, 0.2) is 17.3 Å². The number of anilines is 1. The Balaban J connectivity index is 1.38. The molecule has 1 saturated heterocycles. The van der Waals surface area contributed by atoms with E-state index in [0.717, 1.165) is 5.69 Å². The van der Waals surface area contributed by atoms with Gasteiger partial charge in [0.25, 0.3) is 5.89 Å². The number of aromatic nitrogens is 2. The Hall–Kier alpha value is -3.75. The molecule has 1 amide bonds. The molecule has 9 nitrogen and oxygen atoms in total. The Morgan fingerprint density at radius 1 is 1.07 bits per heavy atom. The minimum absolute atomic E-state index is 0.00718. The van der Waals surface area contributed by atoms with Crippen molar-refractivity contribution in [2.75, 3.05) is 32.5 Å². The Morgan fingerprint density at radius 2 is 1.93 bits per heavy atom. The van der Waals surface area contributed by atoms with E-state index in [2.05, 4.69) is 10.1 Å². The van der Waals surface area contributed by atoms with Gasteiger partial charge in [-0.05, 0) is 24.3 Å². The molecule has 2 aliphatic heterocycles. The third-order valence-corrected chi connectivity index (χ3v) is 5.24. The van der Waals surface area contributed by atoms with E-state index < -0.39 is 0 Å². The van der Waals surface area contributed by atoms with Gasteiger partial charge in [-0.3, -0.25) is 4.79 Å². The van der Waals surface area contributed by atoms with Crippen LogP contribution in [0.15, 0.2) is 40.9 Å². The summed E-state index contributed by atoms with van der Waals surface area (Å²) in [4.78, 5) is 18.9. The Kier molecular flexibility index (Phi) is 4.42. The van der Waals surface area contributed by atoms with Crippen LogP contribution in [0.3, 0.4) is 0 Å². The minimum atomic E-state index is -0.176. The fourth-order valence-corrected chi connectivity index (χ4v) is 3.67. The molecule has 1 atom stereocenters. The van der Waals surface area contributed by atoms with Crippen LogP contribution in [0.4, 0.5) is 5.69 Å². The summed E-state index contributed by atoms with van der Waals surface area (Å²) < 4.78 is 26.9. The number of rotatable bonds is 5. The number of hydrogen-bond donors (Lipinski definition) is 0. The van der Waals surface area contributed by atoms with Crippen molar-refractivity contribution in [1.82, 2.24) is 10.1 Å². The first-order valence-corrected chi connectivity index (χ1v) is 9.42. The minimum Gasteiger partial charge on any atom is -0.497 e. The topological polar surface area (TPSA) is 96.2 Å². The van der Waals surface area contributed by atoms with Crippen molar-refractivity contribution in [2.45, 2.75) is 12.3 Å². The average Bonchev–Trinajstić information content (AvgIpc) is 3.51. The summed E-state index contributed by atoms with van der Waals surface area (Å²) >= 11 is 0. The van der Waals surface area contributed by atoms with E-state index in [1.807, 2.05) is 12.1 Å². The fourth-order valence-electron chi connectivity index (χ4n) is 3.67. The first-order valence-electron chi connectivity index (χ1n) is 9.42. The number of amides is 1. The van der Waals surface area contributed by atoms with E-state index in [4.69, 9.17) is 23.5 Å². The molecule has 9 heteroatoms. The van der Waals surface area contributed by atoms with Crippen molar-refractivity contribution in [1.29, 1.82) is 0 Å². The maximum Gasteiger partial charge on any atom is 0.261 e. The third-order valence-electron chi connectivity index (χ3n) is 5.24. The van der Waals surface area contributed by atoms with Crippen LogP contribution in [0.25, 0.3) is 11.5 Å². The number of carbonyl (C=O) groups excluding carboxylic acids is 1. The normalized spacial score (nSPS) is 17.5. The van der Waals surface area contributed by atoms with Gasteiger partial charge in [0.1, 0.15) is 11.5 Å². The van der Waals surface area contributed by atoms with E-state index in [-0.39, 0.29) is 18.6 Å². The van der Waals surface area contributed by atoms with E-state index in [1.54, 1.807) is 43.4 Å². The van der Waals surface area contributed by atoms with Crippen LogP contribution >= 0.6 is 0 Å². The van der Waals surface area contributed by atoms with Crippen molar-refractivity contribution < 1.29 is 28.3 Å². The smallest absolute Gasteiger partial charge is 0.261 e. The maximum atomic E-state index is 12.6. The monoisotopic (exact) mass is 409 g/mol. The molecule has 154 valence electrons. The fraction of sp³-hybridized carbons (Fsp3) is 0.286. The van der Waals surface area contributed by atoms with E-state index >= 15 is 0 Å². The summed E-state index contributed by atoms with van der Waals surface area (Å²) in [5.74, 6) is 3.18. The SMILES string of the molecule is COc1ccc(-c2nc(C3CC(=O)N(c4ccc5c(c4)OCO5)C3)no2)c(OC)c1. The number of carbonyl (C=O) groups is 1. The van der Waals surface area contributed by atoms with Crippen LogP contribution in [0.1, 0.15) is 18.2 Å². The number of nitrogens with zero attached hydrogens (tertiary/aromatic N) is 3. The number of hydrogen-bond acceptors (Lipinski definition) is 8. The molecule has 2 aromatic carbocycles. The highest BCUT2D eigenvalue weighted by atomic mass is 16.7. The number of benzene rings is 2. The van der Waals surface area contributed by atoms with Crippen LogP contribution in [0, 0.1) is 0 Å². The molecule has 3 heterocycles.